The predicted octanol–water partition coefficient (Wildman–Crippen LogP) is 6.37. The molecule has 1 saturated carbocycles. The molecule has 14 heteroatoms. The molecule has 3 amide bonds. The molecule has 0 spiro atoms. The van der Waals surface area contributed by atoms with Crippen LogP contribution >= 0.6 is 0 Å². The molecule has 1 saturated heterocycles. The number of carbonyl (C=O) groups excluding carboxylic acids is 4. The third-order valence-electron chi connectivity index (χ3n) is 10.0. The zero-order valence-corrected chi connectivity index (χ0v) is 30.2. The summed E-state index contributed by atoms with van der Waals surface area (Å²) in [5, 5.41) is 6.32. The third kappa shape index (κ3) is 8.81. The molecule has 0 radical (unpaired) electrons. The number of alkyl halides is 1. The Bertz CT molecular complexity index is 2010. The normalized spacial score (nSPS) is 20.9. The molecule has 1 aliphatic carbocycles. The quantitative estimate of drug-likeness (QED) is 0.157. The first-order valence-corrected chi connectivity index (χ1v) is 17.9. The van der Waals surface area contributed by atoms with Crippen LogP contribution in [0.15, 0.2) is 68.2 Å². The Morgan fingerprint density at radius 3 is 2.40 bits per heavy atom. The number of hydrogen-bond acceptors (Lipinski definition) is 9. The van der Waals surface area contributed by atoms with Gasteiger partial charge in [0.15, 0.2) is 18.1 Å². The molecule has 4 aromatic rings. The van der Waals surface area contributed by atoms with Gasteiger partial charge in [-0.3, -0.25) is 9.59 Å². The van der Waals surface area contributed by atoms with E-state index in [0.717, 1.165) is 5.56 Å². The first-order chi connectivity index (χ1) is 25.3. The maximum Gasteiger partial charge on any atom is 0.519 e. The van der Waals surface area contributed by atoms with Crippen molar-refractivity contribution >= 4 is 40.5 Å². The van der Waals surface area contributed by atoms with E-state index in [1.165, 1.54) is 6.92 Å². The number of nitrogens with zero attached hydrogens (tertiary/aromatic N) is 1. The largest absolute Gasteiger partial charge is 0.519 e. The number of alkyl carbamates (subject to hydrolysis) is 1. The summed E-state index contributed by atoms with van der Waals surface area (Å²) in [6.45, 7) is 6.16. The molecule has 3 heterocycles. The number of hydrogen-bond donors (Lipinski definition) is 3. The number of aromatic amines is 1. The van der Waals surface area contributed by atoms with Crippen molar-refractivity contribution in [2.24, 2.45) is 11.8 Å². The lowest BCUT2D eigenvalue weighted by Crippen LogP contribution is -2.49. The van der Waals surface area contributed by atoms with Crippen LogP contribution in [0.5, 0.6) is 0 Å². The second kappa shape index (κ2) is 15.7. The van der Waals surface area contributed by atoms with Gasteiger partial charge in [-0.2, -0.15) is 0 Å². The van der Waals surface area contributed by atoms with Crippen molar-refractivity contribution in [2.75, 3.05) is 18.5 Å². The van der Waals surface area contributed by atoms with E-state index < -0.39 is 42.2 Å². The molecular weight excluding hydrogens is 687 g/mol. The fraction of sp³-hybridized carbons (Fsp3) is 0.462. The van der Waals surface area contributed by atoms with Gasteiger partial charge in [-0.25, -0.2) is 18.8 Å². The minimum atomic E-state index is -0.879. The van der Waals surface area contributed by atoms with Gasteiger partial charge in [-0.15, -0.1) is 0 Å². The van der Waals surface area contributed by atoms with E-state index in [1.807, 2.05) is 30.3 Å². The van der Waals surface area contributed by atoms with Crippen molar-refractivity contribution in [3.05, 3.63) is 88.0 Å². The Labute approximate surface area is 305 Å². The van der Waals surface area contributed by atoms with E-state index in [0.29, 0.717) is 55.2 Å². The van der Waals surface area contributed by atoms with Crippen LogP contribution < -0.4 is 16.5 Å². The van der Waals surface area contributed by atoms with Gasteiger partial charge in [0.1, 0.15) is 24.0 Å². The lowest BCUT2D eigenvalue weighted by Gasteiger charge is -2.36. The Balaban J connectivity index is 1.13. The number of halogens is 1. The maximum atomic E-state index is 14.2. The molecule has 53 heavy (non-hydrogen) atoms. The van der Waals surface area contributed by atoms with Crippen molar-refractivity contribution in [3.8, 4) is 0 Å². The molecule has 6 rings (SSSR count). The number of esters is 1. The molecule has 2 aliphatic rings. The van der Waals surface area contributed by atoms with Crippen LogP contribution in [0.1, 0.15) is 86.4 Å². The highest BCUT2D eigenvalue weighted by Crippen LogP contribution is 2.39. The summed E-state index contributed by atoms with van der Waals surface area (Å²) in [5.41, 5.74) is 1.53. The Morgan fingerprint density at radius 2 is 1.74 bits per heavy atom. The molecule has 2 aromatic carbocycles. The summed E-state index contributed by atoms with van der Waals surface area (Å²) in [4.78, 5) is 69.4. The molecule has 282 valence electrons. The number of benzene rings is 2. The topological polar surface area (TPSA) is 173 Å². The minimum absolute atomic E-state index is 0.104. The number of aromatic nitrogens is 1. The van der Waals surface area contributed by atoms with Gasteiger partial charge in [0.2, 0.25) is 11.8 Å². The highest BCUT2D eigenvalue weighted by molar-refractivity contribution is 6.01. The lowest BCUT2D eigenvalue weighted by atomic mass is 9.78. The second-order valence-electron chi connectivity index (χ2n) is 14.8. The molecule has 2 aromatic heterocycles. The van der Waals surface area contributed by atoms with Crippen molar-refractivity contribution < 1.29 is 41.9 Å². The van der Waals surface area contributed by atoms with Crippen LogP contribution in [0.3, 0.4) is 0 Å². The van der Waals surface area contributed by atoms with E-state index in [2.05, 4.69) is 15.6 Å². The van der Waals surface area contributed by atoms with Crippen LogP contribution in [0.4, 0.5) is 14.9 Å². The number of carbonyl (C=O) groups is 4. The summed E-state index contributed by atoms with van der Waals surface area (Å²) in [6, 6.07) is 15.0. The van der Waals surface area contributed by atoms with Crippen molar-refractivity contribution in [3.63, 3.8) is 0 Å². The zero-order chi connectivity index (χ0) is 37.9. The molecular formula is C39H45FN4O9. The molecule has 0 bridgehead atoms. The number of likely N-dealkylation sites (tertiary alicyclic amines) is 1. The molecule has 2 fully saturated rings. The molecule has 13 nitrogen and oxygen atoms in total. The Hall–Kier alpha value is -5.40. The number of H-pyrrole nitrogens is 1. The number of ether oxygens (including phenoxy) is 2. The lowest BCUT2D eigenvalue weighted by molar-refractivity contribution is -0.141. The van der Waals surface area contributed by atoms with E-state index in [9.17, 15) is 28.4 Å². The predicted molar refractivity (Wildman–Crippen MR) is 192 cm³/mol. The van der Waals surface area contributed by atoms with Crippen molar-refractivity contribution in [1.29, 1.82) is 0 Å². The third-order valence-corrected chi connectivity index (χ3v) is 10.0. The first-order valence-electron chi connectivity index (χ1n) is 17.9. The van der Waals surface area contributed by atoms with Gasteiger partial charge in [-0.05, 0) is 95.5 Å². The van der Waals surface area contributed by atoms with E-state index in [1.54, 1.807) is 49.9 Å². The molecule has 3 N–H and O–H groups in total. The molecule has 3 atom stereocenters. The van der Waals surface area contributed by atoms with Gasteiger partial charge in [0.25, 0.3) is 0 Å². The van der Waals surface area contributed by atoms with E-state index >= 15 is 0 Å². The highest BCUT2D eigenvalue weighted by Gasteiger charge is 2.45. The number of fused-ring (bicyclic) bond motifs is 1. The number of rotatable bonds is 10. The maximum absolute atomic E-state index is 14.2. The average molecular weight is 733 g/mol. The van der Waals surface area contributed by atoms with Gasteiger partial charge >= 0.3 is 17.9 Å². The Morgan fingerprint density at radius 1 is 1.00 bits per heavy atom. The summed E-state index contributed by atoms with van der Waals surface area (Å²) in [6.07, 6.45) is 2.09. The van der Waals surface area contributed by atoms with Gasteiger partial charge in [0, 0.05) is 35.0 Å². The number of aryl methyl sites for hydroxylation is 1. The van der Waals surface area contributed by atoms with Gasteiger partial charge < -0.3 is 38.8 Å². The Kier molecular flexibility index (Phi) is 11.1. The fourth-order valence-electron chi connectivity index (χ4n) is 7.41. The second-order valence-corrected chi connectivity index (χ2v) is 14.8. The molecule has 1 aliphatic heterocycles. The van der Waals surface area contributed by atoms with Crippen molar-refractivity contribution in [1.82, 2.24) is 15.2 Å². The average Bonchev–Trinajstić information content (AvgIpc) is 3.85. The monoisotopic (exact) mass is 732 g/mol. The van der Waals surface area contributed by atoms with Crippen LogP contribution in [-0.4, -0.2) is 64.7 Å². The van der Waals surface area contributed by atoms with Gasteiger partial charge in [0.05, 0.1) is 6.04 Å². The summed E-state index contributed by atoms with van der Waals surface area (Å²) >= 11 is 0. The van der Waals surface area contributed by atoms with E-state index in [4.69, 9.17) is 18.3 Å². The number of amides is 3. The van der Waals surface area contributed by atoms with Crippen LogP contribution in [0.2, 0.25) is 0 Å². The standard InChI is InChI=1S/C39H45FN4O9/c1-22-32(52-38(49)51-22)21-50-36(47)30-19-26-18-27(14-15-29(26)42-30)41-34(45)33-28(23-8-6-5-7-9-23)16-17-44(33)35(46)25-12-10-24(11-13-25)31(20-40)43-37(48)53-39(2,3)4/h5-9,14-15,18-19,24-25,28,31,33,42H,10-13,16-17,20-21H2,1-4H3,(H,41,45)(H,43,48)/t24?,25?,28-,31-,33+/m1/s1. The fourth-order valence-corrected chi connectivity index (χ4v) is 7.41. The number of nitrogens with one attached hydrogen (secondary N) is 3. The zero-order valence-electron chi connectivity index (χ0n) is 30.2. The molecule has 0 unspecified atom stereocenters. The summed E-state index contributed by atoms with van der Waals surface area (Å²) < 4.78 is 34.3. The van der Waals surface area contributed by atoms with Crippen LogP contribution in [-0.2, 0) is 25.7 Å². The summed E-state index contributed by atoms with van der Waals surface area (Å²) in [7, 11) is 0. The smallest absolute Gasteiger partial charge is 0.453 e. The SMILES string of the molecule is Cc1oc(=O)oc1COC(=O)c1cc2cc(NC(=O)[C@@H]3[C@@H](c4ccccc4)CCN3C(=O)C3CCC([C@@H](CF)NC(=O)OC(C)(C)C)CC3)ccc2[nH]1. The first kappa shape index (κ1) is 37.4. The number of anilines is 1. The highest BCUT2D eigenvalue weighted by atomic mass is 19.1. The van der Waals surface area contributed by atoms with Crippen LogP contribution in [0, 0.1) is 18.8 Å². The van der Waals surface area contributed by atoms with E-state index in [-0.39, 0.29) is 53.4 Å². The summed E-state index contributed by atoms with van der Waals surface area (Å²) in [5.74, 6) is -2.35. The van der Waals surface area contributed by atoms with Gasteiger partial charge in [-0.1, -0.05) is 30.3 Å². The minimum Gasteiger partial charge on any atom is -0.453 e. The van der Waals surface area contributed by atoms with Crippen LogP contribution in [0.25, 0.3) is 10.9 Å². The van der Waals surface area contributed by atoms with Crippen molar-refractivity contribution in [2.45, 2.75) is 90.0 Å².